The number of hydrogen-bond acceptors (Lipinski definition) is 2. The van der Waals surface area contributed by atoms with Gasteiger partial charge in [-0.25, -0.2) is 0 Å². The smallest absolute Gasteiger partial charge is 0.134 e. The predicted octanol–water partition coefficient (Wildman–Crippen LogP) is 6.22. The first-order chi connectivity index (χ1) is 10.1. The van der Waals surface area contributed by atoms with Crippen LogP contribution in [0.1, 0.15) is 24.3 Å². The highest BCUT2D eigenvalue weighted by Gasteiger charge is 2.17. The number of halogens is 2. The van der Waals surface area contributed by atoms with Crippen molar-refractivity contribution < 1.29 is 4.42 Å². The quantitative estimate of drug-likeness (QED) is 0.619. The molecule has 1 N–H and O–H groups in total. The van der Waals surface area contributed by atoms with Crippen LogP contribution in [0, 0.1) is 6.92 Å². The molecule has 0 spiro atoms. The summed E-state index contributed by atoms with van der Waals surface area (Å²) in [6.45, 7) is 4.11. The predicted molar refractivity (Wildman–Crippen MR) is 89.5 cm³/mol. The van der Waals surface area contributed by atoms with Gasteiger partial charge in [0.05, 0.1) is 16.8 Å². The number of anilines is 1. The molecule has 0 radical (unpaired) electrons. The van der Waals surface area contributed by atoms with Crippen molar-refractivity contribution in [1.82, 2.24) is 0 Å². The van der Waals surface area contributed by atoms with Crippen LogP contribution in [-0.2, 0) is 0 Å². The molecule has 0 saturated carbocycles. The summed E-state index contributed by atoms with van der Waals surface area (Å²) < 4.78 is 5.96. The Kier molecular flexibility index (Phi) is 3.83. The summed E-state index contributed by atoms with van der Waals surface area (Å²) in [5.41, 5.74) is 2.84. The molecule has 0 saturated heterocycles. The molecule has 0 amide bonds. The zero-order chi connectivity index (χ0) is 15.0. The van der Waals surface area contributed by atoms with Crippen LogP contribution in [0.4, 0.5) is 5.69 Å². The van der Waals surface area contributed by atoms with Gasteiger partial charge in [-0.1, -0.05) is 41.4 Å². The molecular formula is C17H15Cl2NO. The zero-order valence-corrected chi connectivity index (χ0v) is 13.3. The first-order valence-corrected chi connectivity index (χ1v) is 7.51. The van der Waals surface area contributed by atoms with Gasteiger partial charge in [0.1, 0.15) is 11.3 Å². The third-order valence-electron chi connectivity index (χ3n) is 3.57. The van der Waals surface area contributed by atoms with Crippen molar-refractivity contribution in [2.75, 3.05) is 5.32 Å². The van der Waals surface area contributed by atoms with E-state index < -0.39 is 0 Å². The van der Waals surface area contributed by atoms with E-state index in [1.165, 1.54) is 0 Å². The largest absolute Gasteiger partial charge is 0.459 e. The third kappa shape index (κ3) is 2.74. The van der Waals surface area contributed by atoms with E-state index in [4.69, 9.17) is 27.6 Å². The number of nitrogens with one attached hydrogen (secondary N) is 1. The van der Waals surface area contributed by atoms with Crippen molar-refractivity contribution >= 4 is 39.9 Å². The Hall–Kier alpha value is -1.64. The molecule has 2 nitrogen and oxygen atoms in total. The van der Waals surface area contributed by atoms with Crippen LogP contribution in [0.15, 0.2) is 46.9 Å². The molecule has 0 fully saturated rings. The standard InChI is InChI=1S/C17H15Cl2NO/c1-10-13-5-3-4-6-16(13)21-17(10)11(2)20-15-9-12(18)7-8-14(15)19/h3-9,11,20H,1-2H3. The molecule has 4 heteroatoms. The van der Waals surface area contributed by atoms with Gasteiger partial charge in [0.25, 0.3) is 0 Å². The molecule has 21 heavy (non-hydrogen) atoms. The Morgan fingerprint density at radius 1 is 1.10 bits per heavy atom. The number of hydrogen-bond donors (Lipinski definition) is 1. The van der Waals surface area contributed by atoms with Crippen molar-refractivity contribution in [3.05, 3.63) is 63.8 Å². The van der Waals surface area contributed by atoms with Gasteiger partial charge < -0.3 is 9.73 Å². The fourth-order valence-electron chi connectivity index (χ4n) is 2.51. The van der Waals surface area contributed by atoms with Crippen LogP contribution in [0.2, 0.25) is 10.0 Å². The molecule has 0 aliphatic heterocycles. The molecule has 0 aliphatic carbocycles. The molecular weight excluding hydrogens is 305 g/mol. The maximum atomic E-state index is 6.19. The average Bonchev–Trinajstić information content (AvgIpc) is 2.81. The second kappa shape index (κ2) is 5.63. The SMILES string of the molecule is Cc1c(C(C)Nc2cc(Cl)ccc2Cl)oc2ccccc12. The molecule has 3 rings (SSSR count). The Labute approximate surface area is 133 Å². The van der Waals surface area contributed by atoms with E-state index in [1.54, 1.807) is 12.1 Å². The summed E-state index contributed by atoms with van der Waals surface area (Å²) in [4.78, 5) is 0. The molecule has 1 unspecified atom stereocenters. The minimum absolute atomic E-state index is 0.00614. The van der Waals surface area contributed by atoms with Crippen molar-refractivity contribution in [3.63, 3.8) is 0 Å². The second-order valence-electron chi connectivity index (χ2n) is 5.08. The summed E-state index contributed by atoms with van der Waals surface area (Å²) in [5, 5.41) is 5.78. The average molecular weight is 320 g/mol. The normalized spacial score (nSPS) is 12.6. The van der Waals surface area contributed by atoms with Crippen LogP contribution < -0.4 is 5.32 Å². The molecule has 1 aromatic heterocycles. The van der Waals surface area contributed by atoms with Crippen molar-refractivity contribution in [3.8, 4) is 0 Å². The van der Waals surface area contributed by atoms with Gasteiger partial charge in [-0.3, -0.25) is 0 Å². The number of rotatable bonds is 3. The van der Waals surface area contributed by atoms with Gasteiger partial charge in [0.2, 0.25) is 0 Å². The summed E-state index contributed by atoms with van der Waals surface area (Å²) in [6.07, 6.45) is 0. The molecule has 0 bridgehead atoms. The number of benzene rings is 2. The van der Waals surface area contributed by atoms with Gasteiger partial charge >= 0.3 is 0 Å². The molecule has 1 heterocycles. The molecule has 1 atom stereocenters. The second-order valence-corrected chi connectivity index (χ2v) is 5.92. The van der Waals surface area contributed by atoms with E-state index in [0.29, 0.717) is 10.0 Å². The number of fused-ring (bicyclic) bond motifs is 1. The lowest BCUT2D eigenvalue weighted by Gasteiger charge is -2.15. The monoisotopic (exact) mass is 319 g/mol. The molecule has 0 aliphatic rings. The van der Waals surface area contributed by atoms with Crippen LogP contribution in [0.3, 0.4) is 0 Å². The lowest BCUT2D eigenvalue weighted by atomic mass is 10.1. The lowest BCUT2D eigenvalue weighted by molar-refractivity contribution is 0.522. The fraction of sp³-hybridized carbons (Fsp3) is 0.176. The van der Waals surface area contributed by atoms with Crippen LogP contribution in [-0.4, -0.2) is 0 Å². The van der Waals surface area contributed by atoms with Crippen LogP contribution in [0.5, 0.6) is 0 Å². The van der Waals surface area contributed by atoms with Gasteiger partial charge in [-0.15, -0.1) is 0 Å². The minimum Gasteiger partial charge on any atom is -0.459 e. The van der Waals surface area contributed by atoms with Gasteiger partial charge in [0.15, 0.2) is 0 Å². The van der Waals surface area contributed by atoms with Crippen molar-refractivity contribution in [1.29, 1.82) is 0 Å². The van der Waals surface area contributed by atoms with Crippen molar-refractivity contribution in [2.24, 2.45) is 0 Å². The Bertz CT molecular complexity index is 795. The number of aryl methyl sites for hydroxylation is 1. The highest BCUT2D eigenvalue weighted by molar-refractivity contribution is 6.35. The maximum Gasteiger partial charge on any atom is 0.134 e. The molecule has 3 aromatic rings. The first-order valence-electron chi connectivity index (χ1n) is 6.76. The lowest BCUT2D eigenvalue weighted by Crippen LogP contribution is -2.07. The Balaban J connectivity index is 1.95. The fourth-order valence-corrected chi connectivity index (χ4v) is 2.86. The van der Waals surface area contributed by atoms with Gasteiger partial charge in [-0.05, 0) is 38.1 Å². The van der Waals surface area contributed by atoms with Crippen molar-refractivity contribution in [2.45, 2.75) is 19.9 Å². The Morgan fingerprint density at radius 2 is 1.86 bits per heavy atom. The van der Waals surface area contributed by atoms with Crippen LogP contribution in [0.25, 0.3) is 11.0 Å². The summed E-state index contributed by atoms with van der Waals surface area (Å²) in [6, 6.07) is 13.4. The molecule has 108 valence electrons. The highest BCUT2D eigenvalue weighted by atomic mass is 35.5. The van der Waals surface area contributed by atoms with Gasteiger partial charge in [-0.2, -0.15) is 0 Å². The minimum atomic E-state index is -0.00614. The van der Waals surface area contributed by atoms with E-state index in [9.17, 15) is 0 Å². The zero-order valence-electron chi connectivity index (χ0n) is 11.8. The molecule has 2 aromatic carbocycles. The number of furan rings is 1. The van der Waals surface area contributed by atoms with E-state index in [1.807, 2.05) is 31.2 Å². The topological polar surface area (TPSA) is 25.2 Å². The summed E-state index contributed by atoms with van der Waals surface area (Å²) in [5.74, 6) is 0.909. The Morgan fingerprint density at radius 3 is 2.62 bits per heavy atom. The van der Waals surface area contributed by atoms with E-state index in [2.05, 4.69) is 18.3 Å². The van der Waals surface area contributed by atoms with E-state index >= 15 is 0 Å². The highest BCUT2D eigenvalue weighted by Crippen LogP contribution is 2.33. The van der Waals surface area contributed by atoms with Crippen LogP contribution >= 0.6 is 23.2 Å². The third-order valence-corrected chi connectivity index (χ3v) is 4.14. The maximum absolute atomic E-state index is 6.19. The van der Waals surface area contributed by atoms with E-state index in [-0.39, 0.29) is 6.04 Å². The first kappa shape index (κ1) is 14.3. The van der Waals surface area contributed by atoms with E-state index in [0.717, 1.165) is 28.0 Å². The summed E-state index contributed by atoms with van der Waals surface area (Å²) >= 11 is 12.2. The number of para-hydroxylation sites is 1. The summed E-state index contributed by atoms with van der Waals surface area (Å²) in [7, 11) is 0. The van der Waals surface area contributed by atoms with Gasteiger partial charge in [0, 0.05) is 16.0 Å².